The van der Waals surface area contributed by atoms with Crippen molar-refractivity contribution in [1.82, 2.24) is 0 Å². The highest BCUT2D eigenvalue weighted by Gasteiger charge is 2.36. The van der Waals surface area contributed by atoms with Crippen LogP contribution in [0, 0.1) is 35.1 Å². The molecule has 6 heteroatoms. The maximum Gasteiger partial charge on any atom is 0.191 e. The third-order valence-corrected chi connectivity index (χ3v) is 7.35. The van der Waals surface area contributed by atoms with E-state index < -0.39 is 34.6 Å². The molecule has 2 aromatic carbocycles. The molecule has 0 amide bonds. The number of allylic oxidation sites excluding steroid dienone is 1. The van der Waals surface area contributed by atoms with Gasteiger partial charge >= 0.3 is 0 Å². The standard InChI is InChI=1S/C28H32F4O2/c1-3-5-10-34-28-25(31)15-21(16-26(28)32)27-23(29)13-20(14-24(27)30)18-6-7-19-12-22(33-4-2)9-8-17(19)11-18/h3,5,13-19,22H,4,6-12H2,1-2H3/b5-3+. The van der Waals surface area contributed by atoms with Crippen LogP contribution < -0.4 is 4.74 Å². The summed E-state index contributed by atoms with van der Waals surface area (Å²) in [5.41, 5.74) is 0.0109. The molecular formula is C28H32F4O2. The fourth-order valence-electron chi connectivity index (χ4n) is 5.71. The summed E-state index contributed by atoms with van der Waals surface area (Å²) in [7, 11) is 0. The summed E-state index contributed by atoms with van der Waals surface area (Å²) in [4.78, 5) is 0. The molecular weight excluding hydrogens is 444 g/mol. The van der Waals surface area contributed by atoms with E-state index in [1.807, 2.05) is 6.92 Å². The fourth-order valence-corrected chi connectivity index (χ4v) is 5.71. The first-order valence-corrected chi connectivity index (χ1v) is 12.2. The zero-order chi connectivity index (χ0) is 24.2. The van der Waals surface area contributed by atoms with Crippen molar-refractivity contribution in [2.24, 2.45) is 11.8 Å². The van der Waals surface area contributed by atoms with E-state index in [1.54, 1.807) is 19.1 Å². The largest absolute Gasteiger partial charge is 0.483 e. The van der Waals surface area contributed by atoms with Crippen LogP contribution in [0.4, 0.5) is 17.6 Å². The maximum atomic E-state index is 15.1. The molecule has 0 radical (unpaired) electrons. The van der Waals surface area contributed by atoms with Gasteiger partial charge in [-0.15, -0.1) is 0 Å². The van der Waals surface area contributed by atoms with E-state index in [0.717, 1.165) is 57.3 Å². The Morgan fingerprint density at radius 1 is 0.853 bits per heavy atom. The number of hydrogen-bond donors (Lipinski definition) is 0. The number of fused-ring (bicyclic) bond motifs is 1. The van der Waals surface area contributed by atoms with E-state index in [0.29, 0.717) is 23.5 Å². The van der Waals surface area contributed by atoms with Crippen LogP contribution in [-0.2, 0) is 4.74 Å². The summed E-state index contributed by atoms with van der Waals surface area (Å²) in [5, 5.41) is 0. The molecule has 184 valence electrons. The predicted octanol–water partition coefficient (Wildman–Crippen LogP) is 7.95. The minimum Gasteiger partial charge on any atom is -0.483 e. The Morgan fingerprint density at radius 3 is 2.15 bits per heavy atom. The number of ether oxygens (including phenoxy) is 2. The molecule has 4 atom stereocenters. The fraction of sp³-hybridized carbons (Fsp3) is 0.500. The van der Waals surface area contributed by atoms with Crippen LogP contribution in [0.1, 0.15) is 63.9 Å². The van der Waals surface area contributed by atoms with Crippen molar-refractivity contribution < 1.29 is 27.0 Å². The van der Waals surface area contributed by atoms with Crippen molar-refractivity contribution in [3.63, 3.8) is 0 Å². The first-order chi connectivity index (χ1) is 16.4. The highest BCUT2D eigenvalue weighted by molar-refractivity contribution is 5.66. The summed E-state index contributed by atoms with van der Waals surface area (Å²) in [6, 6.07) is 4.50. The van der Waals surface area contributed by atoms with E-state index in [1.165, 1.54) is 12.1 Å². The van der Waals surface area contributed by atoms with Crippen LogP contribution in [0.5, 0.6) is 5.75 Å². The second-order valence-electron chi connectivity index (χ2n) is 9.43. The lowest BCUT2D eigenvalue weighted by atomic mass is 9.65. The van der Waals surface area contributed by atoms with Gasteiger partial charge in [-0.3, -0.25) is 0 Å². The van der Waals surface area contributed by atoms with Crippen LogP contribution in [0.25, 0.3) is 11.1 Å². The lowest BCUT2D eigenvalue weighted by Gasteiger charge is -2.42. The highest BCUT2D eigenvalue weighted by atomic mass is 19.1. The highest BCUT2D eigenvalue weighted by Crippen LogP contribution is 2.47. The van der Waals surface area contributed by atoms with E-state index in [-0.39, 0.29) is 18.1 Å². The van der Waals surface area contributed by atoms with Crippen LogP contribution >= 0.6 is 0 Å². The molecule has 2 fully saturated rings. The lowest BCUT2D eigenvalue weighted by Crippen LogP contribution is -2.33. The third kappa shape index (κ3) is 5.32. The van der Waals surface area contributed by atoms with E-state index >= 15 is 8.78 Å². The molecule has 0 N–H and O–H groups in total. The number of hydrogen-bond acceptors (Lipinski definition) is 2. The number of rotatable bonds is 7. The average Bonchev–Trinajstić information content (AvgIpc) is 2.80. The van der Waals surface area contributed by atoms with Gasteiger partial charge in [-0.1, -0.05) is 12.2 Å². The smallest absolute Gasteiger partial charge is 0.191 e. The maximum absolute atomic E-state index is 15.1. The lowest BCUT2D eigenvalue weighted by molar-refractivity contribution is -0.00957. The van der Waals surface area contributed by atoms with E-state index in [9.17, 15) is 8.78 Å². The number of halogens is 4. The molecule has 4 unspecified atom stereocenters. The quantitative estimate of drug-likeness (QED) is 0.298. The second-order valence-corrected chi connectivity index (χ2v) is 9.43. The van der Waals surface area contributed by atoms with Gasteiger partial charge in [-0.25, -0.2) is 17.6 Å². The zero-order valence-electron chi connectivity index (χ0n) is 19.8. The molecule has 0 spiro atoms. The van der Waals surface area contributed by atoms with Crippen LogP contribution in [0.15, 0.2) is 36.4 Å². The molecule has 2 saturated carbocycles. The van der Waals surface area contributed by atoms with Crippen molar-refractivity contribution in [2.75, 3.05) is 13.2 Å². The Kier molecular flexibility index (Phi) is 7.97. The number of benzene rings is 2. The molecule has 34 heavy (non-hydrogen) atoms. The van der Waals surface area contributed by atoms with Crippen LogP contribution in [0.2, 0.25) is 0 Å². The molecule has 0 heterocycles. The topological polar surface area (TPSA) is 18.5 Å². The molecule has 2 aromatic rings. The summed E-state index contributed by atoms with van der Waals surface area (Å²) in [6.45, 7) is 4.50. The van der Waals surface area contributed by atoms with Crippen molar-refractivity contribution in [3.05, 3.63) is 65.2 Å². The molecule has 2 nitrogen and oxygen atoms in total. The summed E-state index contributed by atoms with van der Waals surface area (Å²) < 4.78 is 70.0. The van der Waals surface area contributed by atoms with Gasteiger partial charge in [-0.05, 0) is 106 Å². The van der Waals surface area contributed by atoms with Gasteiger partial charge in [0.15, 0.2) is 17.4 Å². The Hall–Kier alpha value is -2.34. The van der Waals surface area contributed by atoms with Gasteiger partial charge in [-0.2, -0.15) is 0 Å². The minimum atomic E-state index is -0.997. The molecule has 0 aromatic heterocycles. The van der Waals surface area contributed by atoms with Gasteiger partial charge in [0.2, 0.25) is 0 Å². The predicted molar refractivity (Wildman–Crippen MR) is 125 cm³/mol. The van der Waals surface area contributed by atoms with E-state index in [2.05, 4.69) is 0 Å². The summed E-state index contributed by atoms with van der Waals surface area (Å²) in [6.07, 6.45) is 9.61. The first-order valence-electron chi connectivity index (χ1n) is 12.2. The zero-order valence-corrected chi connectivity index (χ0v) is 19.8. The average molecular weight is 477 g/mol. The summed E-state index contributed by atoms with van der Waals surface area (Å²) in [5.74, 6) is -2.94. The van der Waals surface area contributed by atoms with Crippen molar-refractivity contribution >= 4 is 0 Å². The Labute approximate surface area is 199 Å². The molecule has 4 rings (SSSR count). The minimum absolute atomic E-state index is 0.00334. The van der Waals surface area contributed by atoms with Crippen LogP contribution in [-0.4, -0.2) is 19.3 Å². The van der Waals surface area contributed by atoms with Crippen molar-refractivity contribution in [2.45, 2.75) is 64.4 Å². The van der Waals surface area contributed by atoms with Gasteiger partial charge in [0, 0.05) is 6.61 Å². The normalized spacial score (nSPS) is 24.9. The SMILES string of the molecule is C/C=C/COc1c(F)cc(-c2c(F)cc(C3CCC4CC(OCC)CCC4C3)cc2F)cc1F. The van der Waals surface area contributed by atoms with Crippen molar-refractivity contribution in [1.29, 1.82) is 0 Å². The Morgan fingerprint density at radius 2 is 1.50 bits per heavy atom. The van der Waals surface area contributed by atoms with Gasteiger partial charge in [0.05, 0.1) is 11.7 Å². The van der Waals surface area contributed by atoms with Gasteiger partial charge in [0.25, 0.3) is 0 Å². The van der Waals surface area contributed by atoms with Crippen molar-refractivity contribution in [3.8, 4) is 16.9 Å². The van der Waals surface area contributed by atoms with Gasteiger partial charge in [0.1, 0.15) is 18.2 Å². The van der Waals surface area contributed by atoms with E-state index in [4.69, 9.17) is 9.47 Å². The second kappa shape index (κ2) is 10.9. The molecule has 2 aliphatic carbocycles. The van der Waals surface area contributed by atoms with Gasteiger partial charge < -0.3 is 9.47 Å². The monoisotopic (exact) mass is 476 g/mol. The molecule has 2 aliphatic rings. The molecule has 0 bridgehead atoms. The molecule has 0 saturated heterocycles. The Balaban J connectivity index is 1.52. The third-order valence-electron chi connectivity index (χ3n) is 7.35. The van der Waals surface area contributed by atoms with Crippen LogP contribution in [0.3, 0.4) is 0 Å². The summed E-state index contributed by atoms with van der Waals surface area (Å²) >= 11 is 0. The first kappa shape index (κ1) is 24.8. The Bertz CT molecular complexity index is 989. The molecule has 0 aliphatic heterocycles.